The van der Waals surface area contributed by atoms with Crippen molar-refractivity contribution in [3.63, 3.8) is 0 Å². The molecule has 0 spiro atoms. The molecular weight excluding hydrogens is 396 g/mol. The fourth-order valence-electron chi connectivity index (χ4n) is 5.26. The molecule has 0 amide bonds. The predicted octanol–water partition coefficient (Wildman–Crippen LogP) is 2.07. The normalized spacial score (nSPS) is 28.9. The van der Waals surface area contributed by atoms with Gasteiger partial charge in [-0.15, -0.1) is 0 Å². The number of hydrogen-bond acceptors (Lipinski definition) is 9. The largest absolute Gasteiger partial charge is 0.446 e. The fraction of sp³-hybridized carbons (Fsp3) is 0.682. The zero-order chi connectivity index (χ0) is 21.4. The molecule has 168 valence electrons. The molecular formula is C22H32N6O3. The van der Waals surface area contributed by atoms with Gasteiger partial charge in [-0.05, 0) is 26.2 Å². The molecule has 2 fully saturated rings. The molecule has 1 saturated carbocycles. The molecule has 2 aromatic heterocycles. The lowest BCUT2D eigenvalue weighted by molar-refractivity contribution is -0.0623. The summed E-state index contributed by atoms with van der Waals surface area (Å²) < 4.78 is 17.2. The first-order valence-corrected chi connectivity index (χ1v) is 11.3. The average Bonchev–Trinajstić information content (AvgIpc) is 3.35. The summed E-state index contributed by atoms with van der Waals surface area (Å²) in [5, 5.41) is 0. The number of hydrogen-bond donors (Lipinski definition) is 2. The van der Waals surface area contributed by atoms with Crippen LogP contribution in [-0.4, -0.2) is 53.5 Å². The summed E-state index contributed by atoms with van der Waals surface area (Å²) in [7, 11) is 1.72. The highest BCUT2D eigenvalue weighted by molar-refractivity contribution is 5.42. The number of aryl methyl sites for hydroxylation is 1. The Bertz CT molecular complexity index is 905. The van der Waals surface area contributed by atoms with Crippen molar-refractivity contribution >= 4 is 5.82 Å². The van der Waals surface area contributed by atoms with Crippen LogP contribution in [0.25, 0.3) is 0 Å². The van der Waals surface area contributed by atoms with Crippen LogP contribution in [0.3, 0.4) is 0 Å². The maximum Gasteiger partial charge on any atom is 0.191 e. The van der Waals surface area contributed by atoms with Gasteiger partial charge < -0.3 is 18.8 Å². The Hall–Kier alpha value is -2.07. The lowest BCUT2D eigenvalue weighted by Crippen LogP contribution is -2.38. The molecule has 0 bridgehead atoms. The number of nitrogens with one attached hydrogen (secondary N) is 2. The Morgan fingerprint density at radius 3 is 3.06 bits per heavy atom. The molecule has 9 nitrogen and oxygen atoms in total. The Kier molecular flexibility index (Phi) is 5.92. The molecule has 2 aliphatic heterocycles. The molecule has 3 aliphatic rings. The van der Waals surface area contributed by atoms with E-state index in [4.69, 9.17) is 13.9 Å². The van der Waals surface area contributed by atoms with Crippen LogP contribution >= 0.6 is 0 Å². The zero-order valence-electron chi connectivity index (χ0n) is 18.5. The smallest absolute Gasteiger partial charge is 0.191 e. The third-order valence-electron chi connectivity index (χ3n) is 6.68. The second-order valence-corrected chi connectivity index (χ2v) is 8.95. The summed E-state index contributed by atoms with van der Waals surface area (Å²) >= 11 is 0. The molecule has 4 heterocycles. The van der Waals surface area contributed by atoms with Crippen LogP contribution in [0.5, 0.6) is 0 Å². The van der Waals surface area contributed by atoms with Crippen LogP contribution in [0.1, 0.15) is 55.3 Å². The number of anilines is 1. The van der Waals surface area contributed by atoms with Crippen molar-refractivity contribution < 1.29 is 13.9 Å². The lowest BCUT2D eigenvalue weighted by Gasteiger charge is -2.34. The minimum Gasteiger partial charge on any atom is -0.446 e. The van der Waals surface area contributed by atoms with Gasteiger partial charge in [0, 0.05) is 45.0 Å². The van der Waals surface area contributed by atoms with Crippen molar-refractivity contribution in [3.8, 4) is 0 Å². The molecule has 4 unspecified atom stereocenters. The predicted molar refractivity (Wildman–Crippen MR) is 114 cm³/mol. The van der Waals surface area contributed by atoms with Gasteiger partial charge in [-0.1, -0.05) is 0 Å². The fourth-order valence-corrected chi connectivity index (χ4v) is 5.26. The number of aromatic nitrogens is 3. The van der Waals surface area contributed by atoms with E-state index in [0.29, 0.717) is 18.6 Å². The summed E-state index contributed by atoms with van der Waals surface area (Å²) in [6.07, 6.45) is 6.07. The van der Waals surface area contributed by atoms with Crippen molar-refractivity contribution in [2.24, 2.45) is 5.92 Å². The van der Waals surface area contributed by atoms with Gasteiger partial charge >= 0.3 is 0 Å². The van der Waals surface area contributed by atoms with Crippen LogP contribution in [0.2, 0.25) is 0 Å². The third-order valence-corrected chi connectivity index (χ3v) is 6.68. The Morgan fingerprint density at radius 2 is 2.19 bits per heavy atom. The molecule has 31 heavy (non-hydrogen) atoms. The Balaban J connectivity index is 1.29. The van der Waals surface area contributed by atoms with Gasteiger partial charge in [0.2, 0.25) is 0 Å². The number of methoxy groups -OCH3 is 1. The van der Waals surface area contributed by atoms with E-state index in [1.165, 1.54) is 0 Å². The standard InChI is InChI=1S/C22H32N6O3/c1-13(11-29-3)30-15-4-5-17-16(8-15)22(27-26-17)18-9-21(24-12-23-18)28-7-6-20-19(10-28)25-14(2)31-20/h9,12-13,15-17,22,26-27H,4-8,10-11H2,1-3H3/t13-,15?,16?,17?,22?/m0/s1. The summed E-state index contributed by atoms with van der Waals surface area (Å²) in [4.78, 5) is 16.0. The number of hydrazine groups is 1. The van der Waals surface area contributed by atoms with Crippen LogP contribution in [0.4, 0.5) is 5.82 Å². The molecule has 5 rings (SSSR count). The van der Waals surface area contributed by atoms with E-state index in [-0.39, 0.29) is 18.2 Å². The quantitative estimate of drug-likeness (QED) is 0.716. The number of ether oxygens (including phenoxy) is 2. The first kappa shape index (κ1) is 20.8. The van der Waals surface area contributed by atoms with Crippen molar-refractivity contribution in [1.29, 1.82) is 0 Å². The first-order chi connectivity index (χ1) is 15.1. The minimum absolute atomic E-state index is 0.113. The number of fused-ring (bicyclic) bond motifs is 2. The molecule has 2 aromatic rings. The van der Waals surface area contributed by atoms with E-state index in [1.54, 1.807) is 13.4 Å². The number of nitrogens with zero attached hydrogens (tertiary/aromatic N) is 4. The Morgan fingerprint density at radius 1 is 1.29 bits per heavy atom. The summed E-state index contributed by atoms with van der Waals surface area (Å²) in [6.45, 7) is 6.20. The van der Waals surface area contributed by atoms with Crippen LogP contribution < -0.4 is 15.8 Å². The highest BCUT2D eigenvalue weighted by Gasteiger charge is 2.42. The van der Waals surface area contributed by atoms with Gasteiger partial charge in [-0.2, -0.15) is 0 Å². The van der Waals surface area contributed by atoms with Crippen molar-refractivity contribution in [3.05, 3.63) is 35.4 Å². The van der Waals surface area contributed by atoms with Crippen LogP contribution in [-0.2, 0) is 22.4 Å². The second kappa shape index (κ2) is 8.82. The highest BCUT2D eigenvalue weighted by atomic mass is 16.5. The molecule has 1 aliphatic carbocycles. The molecule has 2 N–H and O–H groups in total. The van der Waals surface area contributed by atoms with Crippen molar-refractivity contribution in [2.75, 3.05) is 25.2 Å². The third kappa shape index (κ3) is 4.32. The number of rotatable bonds is 6. The van der Waals surface area contributed by atoms with E-state index in [1.807, 2.05) is 6.92 Å². The van der Waals surface area contributed by atoms with E-state index >= 15 is 0 Å². The van der Waals surface area contributed by atoms with E-state index in [9.17, 15) is 0 Å². The minimum atomic E-state index is 0.113. The van der Waals surface area contributed by atoms with E-state index in [2.05, 4.69) is 43.7 Å². The lowest BCUT2D eigenvalue weighted by atomic mass is 9.79. The topological polar surface area (TPSA) is 97.6 Å². The highest BCUT2D eigenvalue weighted by Crippen LogP contribution is 2.39. The van der Waals surface area contributed by atoms with Crippen molar-refractivity contribution in [2.45, 2.75) is 70.4 Å². The number of oxazole rings is 1. The van der Waals surface area contributed by atoms with Gasteiger partial charge in [0.1, 0.15) is 23.6 Å². The monoisotopic (exact) mass is 428 g/mol. The van der Waals surface area contributed by atoms with Crippen LogP contribution in [0.15, 0.2) is 16.8 Å². The molecule has 0 radical (unpaired) electrons. The summed E-state index contributed by atoms with van der Waals surface area (Å²) in [6, 6.07) is 2.71. The van der Waals surface area contributed by atoms with Gasteiger partial charge in [0.05, 0.1) is 37.1 Å². The summed E-state index contributed by atoms with van der Waals surface area (Å²) in [5.74, 6) is 3.11. The maximum atomic E-state index is 6.24. The zero-order valence-corrected chi connectivity index (χ0v) is 18.5. The van der Waals surface area contributed by atoms with Crippen LogP contribution in [0, 0.1) is 12.8 Å². The van der Waals surface area contributed by atoms with Gasteiger partial charge in [0.15, 0.2) is 5.89 Å². The van der Waals surface area contributed by atoms with Gasteiger partial charge in [0.25, 0.3) is 0 Å². The maximum absolute atomic E-state index is 6.24. The molecule has 1 saturated heterocycles. The SMILES string of the molecule is COC[C@H](C)OC1CCC2NNC(c3cc(N4CCc5oc(C)nc5C4)ncn3)C2C1. The first-order valence-electron chi connectivity index (χ1n) is 11.3. The van der Waals surface area contributed by atoms with E-state index in [0.717, 1.165) is 67.6 Å². The van der Waals surface area contributed by atoms with E-state index < -0.39 is 0 Å². The summed E-state index contributed by atoms with van der Waals surface area (Å²) in [5.41, 5.74) is 9.03. The molecule has 5 atom stereocenters. The molecule has 0 aromatic carbocycles. The average molecular weight is 429 g/mol. The second-order valence-electron chi connectivity index (χ2n) is 8.95. The van der Waals surface area contributed by atoms with Crippen molar-refractivity contribution in [1.82, 2.24) is 25.8 Å². The van der Waals surface area contributed by atoms with Gasteiger partial charge in [-0.3, -0.25) is 5.43 Å². The molecule has 9 heteroatoms. The van der Waals surface area contributed by atoms with Gasteiger partial charge in [-0.25, -0.2) is 20.4 Å². The Labute approximate surface area is 182 Å².